The Hall–Kier alpha value is -4.12. The standard InChI is InChI=1S/C25H20N4O/c1-29-12-10-19-15-22(6-7-23(19)29)28-24(30)8-5-17-3-2-4-18(13-17)21-14-20-9-11-26-25(20)27-16-21/h2-16H,1H3,(H,26,27)(H,28,30). The summed E-state index contributed by atoms with van der Waals surface area (Å²) >= 11 is 0. The van der Waals surface area contributed by atoms with Crippen LogP contribution >= 0.6 is 0 Å². The molecule has 0 bridgehead atoms. The summed E-state index contributed by atoms with van der Waals surface area (Å²) < 4.78 is 2.05. The van der Waals surface area contributed by atoms with E-state index in [2.05, 4.69) is 32.0 Å². The second-order valence-electron chi connectivity index (χ2n) is 7.29. The largest absolute Gasteiger partial charge is 0.351 e. The number of hydrogen-bond acceptors (Lipinski definition) is 2. The van der Waals surface area contributed by atoms with Gasteiger partial charge in [0.05, 0.1) is 0 Å². The molecule has 30 heavy (non-hydrogen) atoms. The lowest BCUT2D eigenvalue weighted by molar-refractivity contribution is -0.111. The normalized spacial score (nSPS) is 11.5. The van der Waals surface area contributed by atoms with E-state index in [1.54, 1.807) is 6.08 Å². The van der Waals surface area contributed by atoms with Crippen molar-refractivity contribution < 1.29 is 4.79 Å². The number of carbonyl (C=O) groups is 1. The van der Waals surface area contributed by atoms with Crippen LogP contribution in [-0.2, 0) is 11.8 Å². The summed E-state index contributed by atoms with van der Waals surface area (Å²) in [5, 5.41) is 5.10. The fraction of sp³-hybridized carbons (Fsp3) is 0.0400. The first kappa shape index (κ1) is 17.9. The predicted octanol–water partition coefficient (Wildman–Crippen LogP) is 5.37. The lowest BCUT2D eigenvalue weighted by Gasteiger charge is -2.04. The van der Waals surface area contributed by atoms with Gasteiger partial charge in [-0.25, -0.2) is 4.98 Å². The van der Waals surface area contributed by atoms with Crippen molar-refractivity contribution in [2.45, 2.75) is 0 Å². The molecule has 5 aromatic rings. The van der Waals surface area contributed by atoms with Gasteiger partial charge in [-0.3, -0.25) is 4.79 Å². The van der Waals surface area contributed by atoms with Crippen LogP contribution < -0.4 is 5.32 Å². The molecule has 0 saturated carbocycles. The van der Waals surface area contributed by atoms with Crippen molar-refractivity contribution in [2.24, 2.45) is 7.05 Å². The highest BCUT2D eigenvalue weighted by Gasteiger charge is 2.04. The molecule has 2 aromatic carbocycles. The van der Waals surface area contributed by atoms with Crippen LogP contribution in [0, 0.1) is 0 Å². The Morgan fingerprint density at radius 1 is 1.03 bits per heavy atom. The van der Waals surface area contributed by atoms with Crippen LogP contribution in [0.1, 0.15) is 5.56 Å². The number of nitrogens with one attached hydrogen (secondary N) is 2. The number of aromatic amines is 1. The number of anilines is 1. The van der Waals surface area contributed by atoms with E-state index in [-0.39, 0.29) is 5.91 Å². The Balaban J connectivity index is 1.33. The van der Waals surface area contributed by atoms with E-state index in [9.17, 15) is 4.79 Å². The van der Waals surface area contributed by atoms with Crippen LogP contribution in [0.3, 0.4) is 0 Å². The summed E-state index contributed by atoms with van der Waals surface area (Å²) in [5.41, 5.74) is 5.84. The predicted molar refractivity (Wildman–Crippen MR) is 122 cm³/mol. The molecule has 0 fully saturated rings. The van der Waals surface area contributed by atoms with Gasteiger partial charge in [-0.15, -0.1) is 0 Å². The van der Waals surface area contributed by atoms with E-state index in [1.165, 1.54) is 0 Å². The minimum atomic E-state index is -0.161. The lowest BCUT2D eigenvalue weighted by atomic mass is 10.0. The van der Waals surface area contributed by atoms with Crippen molar-refractivity contribution >= 4 is 39.6 Å². The van der Waals surface area contributed by atoms with Crippen molar-refractivity contribution in [3.8, 4) is 11.1 Å². The van der Waals surface area contributed by atoms with E-state index in [4.69, 9.17) is 0 Å². The van der Waals surface area contributed by atoms with Crippen LogP contribution in [0.2, 0.25) is 0 Å². The zero-order chi connectivity index (χ0) is 20.5. The monoisotopic (exact) mass is 392 g/mol. The number of pyridine rings is 1. The fourth-order valence-corrected chi connectivity index (χ4v) is 3.63. The summed E-state index contributed by atoms with van der Waals surface area (Å²) in [6.45, 7) is 0. The van der Waals surface area contributed by atoms with E-state index >= 15 is 0 Å². The third-order valence-electron chi connectivity index (χ3n) is 5.20. The highest BCUT2D eigenvalue weighted by Crippen LogP contribution is 2.24. The van der Waals surface area contributed by atoms with Gasteiger partial charge in [-0.1, -0.05) is 18.2 Å². The number of carbonyl (C=O) groups excluding carboxylic acids is 1. The number of H-pyrrole nitrogens is 1. The molecule has 146 valence electrons. The van der Waals surface area contributed by atoms with Crippen LogP contribution in [0.25, 0.3) is 39.1 Å². The minimum Gasteiger partial charge on any atom is -0.351 e. The number of nitrogens with zero attached hydrogens (tertiary/aromatic N) is 2. The Morgan fingerprint density at radius 2 is 1.97 bits per heavy atom. The molecule has 0 spiro atoms. The van der Waals surface area contributed by atoms with E-state index < -0.39 is 0 Å². The molecule has 0 radical (unpaired) electrons. The zero-order valence-corrected chi connectivity index (χ0v) is 16.5. The van der Waals surface area contributed by atoms with Gasteiger partial charge < -0.3 is 14.9 Å². The Kier molecular flexibility index (Phi) is 4.41. The highest BCUT2D eigenvalue weighted by molar-refractivity contribution is 6.03. The maximum Gasteiger partial charge on any atom is 0.248 e. The first-order valence-electron chi connectivity index (χ1n) is 9.73. The Morgan fingerprint density at radius 3 is 2.90 bits per heavy atom. The van der Waals surface area contributed by atoms with Crippen LogP contribution in [-0.4, -0.2) is 20.4 Å². The number of benzene rings is 2. The van der Waals surface area contributed by atoms with E-state index in [0.29, 0.717) is 0 Å². The number of hydrogen-bond donors (Lipinski definition) is 2. The molecular formula is C25H20N4O. The van der Waals surface area contributed by atoms with Gasteiger partial charge in [0.2, 0.25) is 5.91 Å². The molecule has 0 aliphatic rings. The Labute approximate surface area is 173 Å². The van der Waals surface area contributed by atoms with Gasteiger partial charge in [-0.2, -0.15) is 0 Å². The first-order valence-corrected chi connectivity index (χ1v) is 9.73. The molecule has 5 nitrogen and oxygen atoms in total. The van der Waals surface area contributed by atoms with Gasteiger partial charge in [0.15, 0.2) is 0 Å². The second-order valence-corrected chi connectivity index (χ2v) is 7.29. The molecule has 0 atom stereocenters. The summed E-state index contributed by atoms with van der Waals surface area (Å²) in [7, 11) is 2.00. The summed E-state index contributed by atoms with van der Waals surface area (Å²) in [4.78, 5) is 19.9. The Bertz CT molecular complexity index is 1410. The SMILES string of the molecule is Cn1ccc2cc(NC(=O)C=Cc3cccc(-c4cnc5[nH]ccc5c4)c3)ccc21. The molecule has 2 N–H and O–H groups in total. The topological polar surface area (TPSA) is 62.7 Å². The molecular weight excluding hydrogens is 372 g/mol. The average molecular weight is 392 g/mol. The highest BCUT2D eigenvalue weighted by atomic mass is 16.1. The van der Waals surface area contributed by atoms with Gasteiger partial charge in [-0.05, 0) is 59.7 Å². The van der Waals surface area contributed by atoms with Crippen LogP contribution in [0.5, 0.6) is 0 Å². The molecule has 0 unspecified atom stereocenters. The summed E-state index contributed by atoms with van der Waals surface area (Å²) in [5.74, 6) is -0.161. The maximum atomic E-state index is 12.4. The van der Waals surface area contributed by atoms with Crippen molar-refractivity contribution in [3.05, 3.63) is 90.9 Å². The maximum absolute atomic E-state index is 12.4. The van der Waals surface area contributed by atoms with Crippen molar-refractivity contribution in [1.82, 2.24) is 14.5 Å². The summed E-state index contributed by atoms with van der Waals surface area (Å²) in [6, 6.07) is 20.1. The molecule has 0 aliphatic carbocycles. The minimum absolute atomic E-state index is 0.161. The first-order chi connectivity index (χ1) is 14.7. The number of amides is 1. The number of rotatable bonds is 4. The molecule has 5 heteroatoms. The third-order valence-corrected chi connectivity index (χ3v) is 5.20. The van der Waals surface area contributed by atoms with Crippen LogP contribution in [0.4, 0.5) is 5.69 Å². The quantitative estimate of drug-likeness (QED) is 0.404. The molecule has 5 rings (SSSR count). The van der Waals surface area contributed by atoms with Crippen molar-refractivity contribution in [2.75, 3.05) is 5.32 Å². The van der Waals surface area contributed by atoms with Crippen molar-refractivity contribution in [3.63, 3.8) is 0 Å². The number of aryl methyl sites for hydroxylation is 1. The van der Waals surface area contributed by atoms with Gasteiger partial charge >= 0.3 is 0 Å². The lowest BCUT2D eigenvalue weighted by Crippen LogP contribution is -2.07. The van der Waals surface area contributed by atoms with Gasteiger partial charge in [0, 0.05) is 59.3 Å². The molecule has 3 aromatic heterocycles. The molecule has 0 aliphatic heterocycles. The van der Waals surface area contributed by atoms with Crippen LogP contribution in [0.15, 0.2) is 85.3 Å². The number of fused-ring (bicyclic) bond motifs is 2. The second kappa shape index (κ2) is 7.37. The fourth-order valence-electron chi connectivity index (χ4n) is 3.63. The third kappa shape index (κ3) is 3.49. The van der Waals surface area contributed by atoms with Gasteiger partial charge in [0.25, 0.3) is 0 Å². The van der Waals surface area contributed by atoms with Crippen molar-refractivity contribution in [1.29, 1.82) is 0 Å². The van der Waals surface area contributed by atoms with Gasteiger partial charge in [0.1, 0.15) is 5.65 Å². The average Bonchev–Trinajstić information content (AvgIpc) is 3.38. The summed E-state index contributed by atoms with van der Waals surface area (Å²) in [6.07, 6.45) is 9.12. The smallest absolute Gasteiger partial charge is 0.248 e. The molecule has 0 saturated heterocycles. The molecule has 3 heterocycles. The number of aromatic nitrogens is 3. The zero-order valence-electron chi connectivity index (χ0n) is 16.5. The van der Waals surface area contributed by atoms with E-state index in [1.807, 2.05) is 80.2 Å². The molecule has 1 amide bonds. The van der Waals surface area contributed by atoms with E-state index in [0.717, 1.165) is 44.3 Å².